The van der Waals surface area contributed by atoms with E-state index in [0.29, 0.717) is 21.2 Å². The summed E-state index contributed by atoms with van der Waals surface area (Å²) in [5, 5.41) is 5.76. The van der Waals surface area contributed by atoms with E-state index in [4.69, 9.17) is 16.3 Å². The summed E-state index contributed by atoms with van der Waals surface area (Å²) in [5.74, 6) is -0.777. The van der Waals surface area contributed by atoms with Gasteiger partial charge in [0.25, 0.3) is 0 Å². The monoisotopic (exact) mass is 400 g/mol. The Hall–Kier alpha value is -2.70. The van der Waals surface area contributed by atoms with Crippen LogP contribution >= 0.6 is 22.9 Å². The van der Waals surface area contributed by atoms with Crippen LogP contribution in [0.4, 0.5) is 4.39 Å². The molecule has 27 heavy (non-hydrogen) atoms. The average Bonchev–Trinajstić information content (AvgIpc) is 3.22. The predicted octanol–water partition coefficient (Wildman–Crippen LogP) is 5.45. The van der Waals surface area contributed by atoms with Crippen molar-refractivity contribution in [3.8, 4) is 11.3 Å². The minimum Gasteiger partial charge on any atom is -0.457 e. The van der Waals surface area contributed by atoms with Gasteiger partial charge in [-0.1, -0.05) is 35.9 Å². The summed E-state index contributed by atoms with van der Waals surface area (Å²) in [6.45, 7) is 0.155. The zero-order valence-electron chi connectivity index (χ0n) is 14.3. The highest BCUT2D eigenvalue weighted by molar-refractivity contribution is 7.20. The number of hydrogen-bond acceptors (Lipinski definition) is 4. The molecule has 7 heteroatoms. The van der Waals surface area contributed by atoms with E-state index >= 15 is 0 Å². The molecule has 0 aliphatic rings. The zero-order valence-corrected chi connectivity index (χ0v) is 15.9. The smallest absolute Gasteiger partial charge is 0.348 e. The molecule has 0 aliphatic carbocycles. The first-order chi connectivity index (χ1) is 13.0. The number of halogens is 2. The largest absolute Gasteiger partial charge is 0.457 e. The minimum absolute atomic E-state index is 0.155. The van der Waals surface area contributed by atoms with Gasteiger partial charge in [0, 0.05) is 23.0 Å². The highest BCUT2D eigenvalue weighted by Gasteiger charge is 2.20. The molecular weight excluding hydrogens is 387 g/mol. The van der Waals surface area contributed by atoms with E-state index in [1.165, 1.54) is 17.4 Å². The number of aryl methyl sites for hydroxylation is 1. The van der Waals surface area contributed by atoms with E-state index in [0.717, 1.165) is 15.8 Å². The number of carbonyl (C=O) groups is 1. The highest BCUT2D eigenvalue weighted by Crippen LogP contribution is 2.35. The second kappa shape index (κ2) is 7.13. The third kappa shape index (κ3) is 3.46. The molecule has 136 valence electrons. The van der Waals surface area contributed by atoms with Crippen molar-refractivity contribution in [2.45, 2.75) is 6.61 Å². The maximum absolute atomic E-state index is 14.2. The van der Waals surface area contributed by atoms with Crippen LogP contribution < -0.4 is 0 Å². The van der Waals surface area contributed by atoms with E-state index in [1.807, 2.05) is 0 Å². The van der Waals surface area contributed by atoms with Crippen molar-refractivity contribution in [1.29, 1.82) is 0 Å². The number of thiophene rings is 1. The molecule has 2 aromatic carbocycles. The Morgan fingerprint density at radius 2 is 1.96 bits per heavy atom. The number of aromatic nitrogens is 2. The van der Waals surface area contributed by atoms with Crippen molar-refractivity contribution in [2.24, 2.45) is 7.05 Å². The van der Waals surface area contributed by atoms with Crippen molar-refractivity contribution in [1.82, 2.24) is 9.78 Å². The van der Waals surface area contributed by atoms with Crippen LogP contribution in [0.25, 0.3) is 21.5 Å². The van der Waals surface area contributed by atoms with Crippen LogP contribution in [-0.2, 0) is 18.4 Å². The third-order valence-corrected chi connectivity index (χ3v) is 5.56. The molecule has 0 amide bonds. The maximum Gasteiger partial charge on any atom is 0.348 e. The van der Waals surface area contributed by atoms with Gasteiger partial charge in [-0.15, -0.1) is 11.3 Å². The summed E-state index contributed by atoms with van der Waals surface area (Å²) in [6.07, 6.45) is 0. The van der Waals surface area contributed by atoms with Gasteiger partial charge in [-0.3, -0.25) is 4.68 Å². The fraction of sp³-hybridized carbons (Fsp3) is 0.100. The van der Waals surface area contributed by atoms with Crippen LogP contribution in [0.1, 0.15) is 15.2 Å². The number of benzene rings is 2. The molecule has 0 spiro atoms. The molecule has 0 fully saturated rings. The van der Waals surface area contributed by atoms with Crippen molar-refractivity contribution < 1.29 is 13.9 Å². The predicted molar refractivity (Wildman–Crippen MR) is 105 cm³/mol. The van der Waals surface area contributed by atoms with Crippen LogP contribution in [0.3, 0.4) is 0 Å². The average molecular weight is 401 g/mol. The molecule has 4 rings (SSSR count). The number of ether oxygens (including phenoxy) is 1. The molecule has 4 nitrogen and oxygen atoms in total. The second-order valence-corrected chi connectivity index (χ2v) is 7.45. The van der Waals surface area contributed by atoms with Crippen molar-refractivity contribution in [2.75, 3.05) is 0 Å². The van der Waals surface area contributed by atoms with Crippen LogP contribution in [0.15, 0.2) is 54.6 Å². The van der Waals surface area contributed by atoms with E-state index in [-0.39, 0.29) is 12.4 Å². The summed E-state index contributed by atoms with van der Waals surface area (Å²) in [5.41, 5.74) is 1.77. The van der Waals surface area contributed by atoms with Gasteiger partial charge in [0.05, 0.1) is 0 Å². The van der Waals surface area contributed by atoms with Gasteiger partial charge in [-0.25, -0.2) is 9.18 Å². The molecule has 4 aromatic rings. The molecule has 0 saturated heterocycles. The normalized spacial score (nSPS) is 11.1. The summed E-state index contributed by atoms with van der Waals surface area (Å²) in [6, 6.07) is 15.3. The molecule has 0 aliphatic heterocycles. The molecular formula is C20H14ClFN2O2S. The van der Waals surface area contributed by atoms with E-state index in [9.17, 15) is 9.18 Å². The van der Waals surface area contributed by atoms with Crippen LogP contribution in [0.2, 0.25) is 5.02 Å². The Kier molecular flexibility index (Phi) is 4.68. The van der Waals surface area contributed by atoms with E-state index in [1.54, 1.807) is 60.3 Å². The Balaban J connectivity index is 1.61. The molecule has 0 unspecified atom stereocenters. The fourth-order valence-electron chi connectivity index (χ4n) is 2.79. The summed E-state index contributed by atoms with van der Waals surface area (Å²) < 4.78 is 21.2. The first-order valence-electron chi connectivity index (χ1n) is 8.16. The quantitative estimate of drug-likeness (QED) is 0.428. The van der Waals surface area contributed by atoms with Crippen LogP contribution in [0, 0.1) is 5.82 Å². The molecule has 0 bridgehead atoms. The number of rotatable bonds is 4. The van der Waals surface area contributed by atoms with Crippen molar-refractivity contribution in [3.05, 3.63) is 75.9 Å². The minimum atomic E-state index is -0.425. The Labute approximate surface area is 163 Å². The summed E-state index contributed by atoms with van der Waals surface area (Å²) >= 11 is 7.13. The van der Waals surface area contributed by atoms with Gasteiger partial charge in [0.2, 0.25) is 0 Å². The first-order valence-corrected chi connectivity index (χ1v) is 9.35. The molecule has 0 saturated carbocycles. The lowest BCUT2D eigenvalue weighted by Crippen LogP contribution is -2.03. The number of nitrogens with zero attached hydrogens (tertiary/aromatic N) is 2. The number of hydrogen-bond donors (Lipinski definition) is 0. The van der Waals surface area contributed by atoms with Gasteiger partial charge in [-0.2, -0.15) is 5.10 Å². The topological polar surface area (TPSA) is 44.1 Å². The zero-order chi connectivity index (χ0) is 19.0. The lowest BCUT2D eigenvalue weighted by atomic mass is 10.1. The fourth-order valence-corrected chi connectivity index (χ4v) is 3.89. The lowest BCUT2D eigenvalue weighted by Gasteiger charge is -2.03. The standard InChI is InChI=1S/C20H14ClFN2O2S/c1-24-19-15(18(23-24)14-4-2-3-5-16(14)22)10-17(27-19)20(25)26-11-12-6-8-13(21)9-7-12/h2-10H,11H2,1H3. The van der Waals surface area contributed by atoms with E-state index < -0.39 is 5.97 Å². The first kappa shape index (κ1) is 17.7. The van der Waals surface area contributed by atoms with Crippen molar-refractivity contribution >= 4 is 39.1 Å². The molecule has 0 N–H and O–H groups in total. The molecule has 2 aromatic heterocycles. The highest BCUT2D eigenvalue weighted by atomic mass is 35.5. The molecule has 2 heterocycles. The number of carbonyl (C=O) groups excluding carboxylic acids is 1. The van der Waals surface area contributed by atoms with Crippen LogP contribution in [0.5, 0.6) is 0 Å². The van der Waals surface area contributed by atoms with Gasteiger partial charge < -0.3 is 4.74 Å². The second-order valence-electron chi connectivity index (χ2n) is 5.98. The van der Waals surface area contributed by atoms with Gasteiger partial charge in [0.1, 0.15) is 27.8 Å². The summed E-state index contributed by atoms with van der Waals surface area (Å²) in [7, 11) is 1.77. The molecule has 0 radical (unpaired) electrons. The van der Waals surface area contributed by atoms with E-state index in [2.05, 4.69) is 5.10 Å². The lowest BCUT2D eigenvalue weighted by molar-refractivity contribution is 0.0478. The van der Waals surface area contributed by atoms with Gasteiger partial charge >= 0.3 is 5.97 Å². The molecule has 0 atom stereocenters. The Morgan fingerprint density at radius 1 is 1.22 bits per heavy atom. The van der Waals surface area contributed by atoms with Gasteiger partial charge in [-0.05, 0) is 35.9 Å². The number of fused-ring (bicyclic) bond motifs is 1. The maximum atomic E-state index is 14.2. The Bertz CT molecular complexity index is 1130. The SMILES string of the molecule is Cn1nc(-c2ccccc2F)c2cc(C(=O)OCc3ccc(Cl)cc3)sc21. The van der Waals surface area contributed by atoms with Crippen molar-refractivity contribution in [3.63, 3.8) is 0 Å². The summed E-state index contributed by atoms with van der Waals surface area (Å²) in [4.78, 5) is 13.7. The number of esters is 1. The van der Waals surface area contributed by atoms with Gasteiger partial charge in [0.15, 0.2) is 0 Å². The Morgan fingerprint density at radius 3 is 2.70 bits per heavy atom. The third-order valence-electron chi connectivity index (χ3n) is 4.12. The van der Waals surface area contributed by atoms with Crippen LogP contribution in [-0.4, -0.2) is 15.7 Å².